The molecule has 0 spiro atoms. The fourth-order valence-corrected chi connectivity index (χ4v) is 3.63. The Morgan fingerprint density at radius 1 is 1.19 bits per heavy atom. The highest BCUT2D eigenvalue weighted by Gasteiger charge is 2.09. The van der Waals surface area contributed by atoms with Gasteiger partial charge in [0.2, 0.25) is 5.91 Å². The summed E-state index contributed by atoms with van der Waals surface area (Å²) in [6, 6.07) is 16.9. The Kier molecular flexibility index (Phi) is 4.68. The van der Waals surface area contributed by atoms with Gasteiger partial charge in [0.15, 0.2) is 5.65 Å². The molecule has 1 amide bonds. The van der Waals surface area contributed by atoms with Crippen molar-refractivity contribution in [1.29, 1.82) is 0 Å². The number of hydrogen-bond acceptors (Lipinski definition) is 5. The van der Waals surface area contributed by atoms with E-state index in [0.29, 0.717) is 22.9 Å². The minimum atomic E-state index is -0.260. The summed E-state index contributed by atoms with van der Waals surface area (Å²) in [6.07, 6.45) is 0. The van der Waals surface area contributed by atoms with Crippen molar-refractivity contribution in [3.8, 4) is 0 Å². The molecule has 4 aromatic rings. The van der Waals surface area contributed by atoms with Crippen molar-refractivity contribution in [2.75, 3.05) is 11.1 Å². The lowest BCUT2D eigenvalue weighted by Gasteiger charge is -2.08. The topological polar surface area (TPSA) is 76.6 Å². The third kappa shape index (κ3) is 3.73. The number of hydrogen-bond donors (Lipinski definition) is 1. The second-order valence-electron chi connectivity index (χ2n) is 6.15. The van der Waals surface area contributed by atoms with Crippen LogP contribution in [-0.2, 0) is 10.5 Å². The van der Waals surface area contributed by atoms with Gasteiger partial charge in [0.1, 0.15) is 5.76 Å². The standard InChI is InChI=1S/C20H17N3O3S/c1-13-9-18-21-15(10-20(25)23(18)26-13)11-27-12-19(24)22-17-8-4-6-14-5-2-3-7-16(14)17/h2-10H,11-12H2,1H3,(H,22,24). The number of aromatic nitrogens is 2. The van der Waals surface area contributed by atoms with Gasteiger partial charge in [-0.15, -0.1) is 16.3 Å². The number of anilines is 1. The van der Waals surface area contributed by atoms with Crippen molar-refractivity contribution in [3.63, 3.8) is 0 Å². The monoisotopic (exact) mass is 379 g/mol. The summed E-state index contributed by atoms with van der Waals surface area (Å²) in [5, 5.41) is 5.04. The van der Waals surface area contributed by atoms with Crippen molar-refractivity contribution in [2.24, 2.45) is 0 Å². The zero-order valence-corrected chi connectivity index (χ0v) is 15.5. The molecule has 2 aromatic carbocycles. The molecule has 1 N–H and O–H groups in total. The first-order valence-electron chi connectivity index (χ1n) is 8.45. The summed E-state index contributed by atoms with van der Waals surface area (Å²) in [4.78, 5) is 28.7. The largest absolute Gasteiger partial charge is 0.375 e. The van der Waals surface area contributed by atoms with E-state index in [-0.39, 0.29) is 17.2 Å². The molecule has 0 fully saturated rings. The van der Waals surface area contributed by atoms with Gasteiger partial charge in [-0.2, -0.15) is 0 Å². The molecule has 136 valence electrons. The normalized spacial score (nSPS) is 11.1. The van der Waals surface area contributed by atoms with Crippen molar-refractivity contribution >= 4 is 39.8 Å². The number of carbonyl (C=O) groups is 1. The number of nitrogens with one attached hydrogen (secondary N) is 1. The maximum atomic E-state index is 12.3. The van der Waals surface area contributed by atoms with Crippen LogP contribution in [0.1, 0.15) is 11.5 Å². The molecular formula is C20H17N3O3S. The van der Waals surface area contributed by atoms with Gasteiger partial charge in [-0.25, -0.2) is 4.98 Å². The average molecular weight is 379 g/mol. The minimum absolute atomic E-state index is 0.0895. The molecule has 0 aliphatic rings. The summed E-state index contributed by atoms with van der Waals surface area (Å²) in [5.74, 6) is 1.28. The van der Waals surface area contributed by atoms with E-state index in [4.69, 9.17) is 4.52 Å². The molecule has 27 heavy (non-hydrogen) atoms. The summed E-state index contributed by atoms with van der Waals surface area (Å²) in [7, 11) is 0. The quantitative estimate of drug-likeness (QED) is 0.573. The van der Waals surface area contributed by atoms with E-state index in [1.54, 1.807) is 13.0 Å². The second kappa shape index (κ2) is 7.28. The molecule has 2 heterocycles. The Balaban J connectivity index is 1.40. The lowest BCUT2D eigenvalue weighted by molar-refractivity contribution is -0.113. The van der Waals surface area contributed by atoms with Crippen molar-refractivity contribution < 1.29 is 9.32 Å². The number of fused-ring (bicyclic) bond motifs is 2. The predicted molar refractivity (Wildman–Crippen MR) is 107 cm³/mol. The minimum Gasteiger partial charge on any atom is -0.375 e. The predicted octanol–water partition coefficient (Wildman–Crippen LogP) is 3.62. The van der Waals surface area contributed by atoms with E-state index < -0.39 is 0 Å². The molecular weight excluding hydrogens is 362 g/mol. The van der Waals surface area contributed by atoms with Gasteiger partial charge < -0.3 is 9.84 Å². The van der Waals surface area contributed by atoms with E-state index in [0.717, 1.165) is 21.0 Å². The van der Waals surface area contributed by atoms with Crippen LogP contribution in [0, 0.1) is 6.92 Å². The van der Waals surface area contributed by atoms with Crippen LogP contribution in [0.25, 0.3) is 16.4 Å². The number of carbonyl (C=O) groups excluding carboxylic acids is 1. The fraction of sp³-hybridized carbons (Fsp3) is 0.150. The molecule has 0 aliphatic carbocycles. The van der Waals surface area contributed by atoms with Crippen LogP contribution in [-0.4, -0.2) is 21.2 Å². The Labute approximate surface area is 159 Å². The van der Waals surface area contributed by atoms with Gasteiger partial charge in [0.25, 0.3) is 5.56 Å². The Bertz CT molecular complexity index is 1190. The SMILES string of the molecule is Cc1cc2nc(CSCC(=O)Nc3cccc4ccccc34)cc(=O)n2o1. The van der Waals surface area contributed by atoms with Crippen molar-refractivity contribution in [3.05, 3.63) is 76.4 Å². The zero-order chi connectivity index (χ0) is 18.8. The molecule has 0 atom stereocenters. The first kappa shape index (κ1) is 17.4. The summed E-state index contributed by atoms with van der Waals surface area (Å²) >= 11 is 1.41. The zero-order valence-electron chi connectivity index (χ0n) is 14.6. The lowest BCUT2D eigenvalue weighted by Crippen LogP contribution is -2.15. The van der Waals surface area contributed by atoms with Crippen LogP contribution in [0.5, 0.6) is 0 Å². The van der Waals surface area contributed by atoms with E-state index in [1.165, 1.54) is 17.8 Å². The third-order valence-corrected chi connectivity index (χ3v) is 5.04. The van der Waals surface area contributed by atoms with Gasteiger partial charge in [0.05, 0.1) is 11.4 Å². The van der Waals surface area contributed by atoms with Gasteiger partial charge in [-0.05, 0) is 18.4 Å². The summed E-state index contributed by atoms with van der Waals surface area (Å²) in [6.45, 7) is 1.76. The summed E-state index contributed by atoms with van der Waals surface area (Å²) < 4.78 is 6.43. The van der Waals surface area contributed by atoms with Gasteiger partial charge >= 0.3 is 0 Å². The number of benzene rings is 2. The summed E-state index contributed by atoms with van der Waals surface area (Å²) in [5.41, 5.74) is 1.65. The van der Waals surface area contributed by atoms with Crippen molar-refractivity contribution in [2.45, 2.75) is 12.7 Å². The average Bonchev–Trinajstić information content (AvgIpc) is 3.03. The van der Waals surface area contributed by atoms with Crippen LogP contribution in [0.3, 0.4) is 0 Å². The van der Waals surface area contributed by atoms with Crippen LogP contribution < -0.4 is 10.9 Å². The Morgan fingerprint density at radius 2 is 2.00 bits per heavy atom. The molecule has 0 radical (unpaired) electrons. The van der Waals surface area contributed by atoms with Gasteiger partial charge in [-0.3, -0.25) is 9.59 Å². The van der Waals surface area contributed by atoms with Crippen LogP contribution in [0.2, 0.25) is 0 Å². The molecule has 0 saturated heterocycles. The molecule has 4 rings (SSSR count). The maximum Gasteiger partial charge on any atom is 0.287 e. The van der Waals surface area contributed by atoms with Crippen LogP contribution in [0.4, 0.5) is 5.69 Å². The molecule has 0 aliphatic heterocycles. The number of nitrogens with zero attached hydrogens (tertiary/aromatic N) is 2. The lowest BCUT2D eigenvalue weighted by atomic mass is 10.1. The second-order valence-corrected chi connectivity index (χ2v) is 7.14. The molecule has 0 saturated carbocycles. The number of thioether (sulfide) groups is 1. The Hall–Kier alpha value is -3.06. The molecule has 0 unspecified atom stereocenters. The van der Waals surface area contributed by atoms with E-state index in [1.807, 2.05) is 42.5 Å². The maximum absolute atomic E-state index is 12.3. The van der Waals surface area contributed by atoms with Crippen molar-refractivity contribution in [1.82, 2.24) is 9.56 Å². The van der Waals surface area contributed by atoms with Gasteiger partial charge in [0, 0.05) is 29.0 Å². The van der Waals surface area contributed by atoms with E-state index in [9.17, 15) is 9.59 Å². The smallest absolute Gasteiger partial charge is 0.287 e. The number of aryl methyl sites for hydroxylation is 1. The van der Waals surface area contributed by atoms with E-state index >= 15 is 0 Å². The highest BCUT2D eigenvalue weighted by atomic mass is 32.2. The van der Waals surface area contributed by atoms with Gasteiger partial charge in [-0.1, -0.05) is 36.4 Å². The van der Waals surface area contributed by atoms with Crippen LogP contribution in [0.15, 0.2) is 63.9 Å². The first-order chi connectivity index (χ1) is 13.1. The first-order valence-corrected chi connectivity index (χ1v) is 9.60. The highest BCUT2D eigenvalue weighted by Crippen LogP contribution is 2.23. The third-order valence-electron chi connectivity index (χ3n) is 4.07. The molecule has 0 bridgehead atoms. The molecule has 6 nitrogen and oxygen atoms in total. The van der Waals surface area contributed by atoms with Crippen LogP contribution >= 0.6 is 11.8 Å². The Morgan fingerprint density at radius 3 is 2.89 bits per heavy atom. The molecule has 2 aromatic heterocycles. The highest BCUT2D eigenvalue weighted by molar-refractivity contribution is 7.99. The van der Waals surface area contributed by atoms with E-state index in [2.05, 4.69) is 10.3 Å². The molecule has 7 heteroatoms. The number of amides is 1. The number of rotatable bonds is 5. The fourth-order valence-electron chi connectivity index (χ4n) is 2.92.